The summed E-state index contributed by atoms with van der Waals surface area (Å²) < 4.78 is 19.2. The van der Waals surface area contributed by atoms with Gasteiger partial charge in [-0.3, -0.25) is 14.5 Å². The normalized spacial score (nSPS) is 17.2. The Bertz CT molecular complexity index is 1250. The number of halogens is 1. The third kappa shape index (κ3) is 4.31. The number of hydrogen-bond acceptors (Lipinski definition) is 5. The number of carbonyl (C=O) groups excluding carboxylic acids is 2. The predicted octanol–water partition coefficient (Wildman–Crippen LogP) is 3.92. The van der Waals surface area contributed by atoms with Crippen LogP contribution in [0.2, 0.25) is 0 Å². The summed E-state index contributed by atoms with van der Waals surface area (Å²) in [6, 6.07) is 18.6. The lowest BCUT2D eigenvalue weighted by atomic mass is 9.95. The van der Waals surface area contributed by atoms with E-state index in [-0.39, 0.29) is 17.1 Å². The molecule has 0 bridgehead atoms. The van der Waals surface area contributed by atoms with Gasteiger partial charge in [-0.25, -0.2) is 9.18 Å². The van der Waals surface area contributed by atoms with Gasteiger partial charge in [-0.05, 0) is 42.0 Å². The molecule has 7 nitrogen and oxygen atoms in total. The van der Waals surface area contributed by atoms with Crippen molar-refractivity contribution in [2.75, 3.05) is 11.5 Å². The molecule has 1 saturated heterocycles. The van der Waals surface area contributed by atoms with Gasteiger partial charge in [0.25, 0.3) is 11.7 Å². The molecule has 0 radical (unpaired) electrons. The van der Waals surface area contributed by atoms with E-state index in [9.17, 15) is 23.9 Å². The number of benzene rings is 3. The van der Waals surface area contributed by atoms with Crippen molar-refractivity contribution in [3.05, 3.63) is 101 Å². The molecular weight excluding hydrogens is 429 g/mol. The van der Waals surface area contributed by atoms with Gasteiger partial charge in [0, 0.05) is 11.3 Å². The van der Waals surface area contributed by atoms with Crippen LogP contribution in [0, 0.1) is 5.82 Å². The lowest BCUT2D eigenvalue weighted by Crippen LogP contribution is -2.29. The Morgan fingerprint density at radius 2 is 1.64 bits per heavy atom. The first-order valence-electron chi connectivity index (χ1n) is 9.93. The van der Waals surface area contributed by atoms with Crippen LogP contribution in [0.15, 0.2) is 84.4 Å². The lowest BCUT2D eigenvalue weighted by molar-refractivity contribution is -0.139. The van der Waals surface area contributed by atoms with E-state index < -0.39 is 36.1 Å². The van der Waals surface area contributed by atoms with Crippen LogP contribution in [0.5, 0.6) is 5.75 Å². The third-order valence-corrected chi connectivity index (χ3v) is 5.13. The molecule has 166 valence electrons. The number of ketones is 1. The van der Waals surface area contributed by atoms with Crippen molar-refractivity contribution in [2.45, 2.75) is 6.04 Å². The molecule has 0 aliphatic carbocycles. The van der Waals surface area contributed by atoms with Gasteiger partial charge in [0.1, 0.15) is 17.3 Å². The van der Waals surface area contributed by atoms with Gasteiger partial charge < -0.3 is 14.9 Å². The van der Waals surface area contributed by atoms with Crippen LogP contribution >= 0.6 is 0 Å². The van der Waals surface area contributed by atoms with Gasteiger partial charge in [-0.2, -0.15) is 0 Å². The maximum absolute atomic E-state index is 14.1. The Labute approximate surface area is 188 Å². The SMILES string of the molecule is O=C(O)COc1ccc(N2C(=O)C(=O)C(=C(O)c3ccccc3)[C@H]2c2cccc(F)c2)cc1. The van der Waals surface area contributed by atoms with Gasteiger partial charge in [-0.1, -0.05) is 42.5 Å². The number of aliphatic hydroxyl groups is 1. The smallest absolute Gasteiger partial charge is 0.341 e. The van der Waals surface area contributed by atoms with Crippen LogP contribution in [-0.4, -0.2) is 34.5 Å². The highest BCUT2D eigenvalue weighted by Gasteiger charge is 2.47. The fourth-order valence-corrected chi connectivity index (χ4v) is 3.69. The lowest BCUT2D eigenvalue weighted by Gasteiger charge is -2.25. The van der Waals surface area contributed by atoms with Crippen molar-refractivity contribution in [3.63, 3.8) is 0 Å². The quantitative estimate of drug-likeness (QED) is 0.337. The Balaban J connectivity index is 1.83. The van der Waals surface area contributed by atoms with Crippen LogP contribution in [0.1, 0.15) is 17.2 Å². The summed E-state index contributed by atoms with van der Waals surface area (Å²) >= 11 is 0. The highest BCUT2D eigenvalue weighted by molar-refractivity contribution is 6.51. The van der Waals surface area contributed by atoms with E-state index in [2.05, 4.69) is 0 Å². The van der Waals surface area contributed by atoms with Gasteiger partial charge in [0.15, 0.2) is 6.61 Å². The Kier molecular flexibility index (Phi) is 5.91. The first-order chi connectivity index (χ1) is 15.9. The topological polar surface area (TPSA) is 104 Å². The molecule has 8 heteroatoms. The molecule has 3 aromatic rings. The predicted molar refractivity (Wildman–Crippen MR) is 117 cm³/mol. The second-order valence-corrected chi connectivity index (χ2v) is 7.27. The second kappa shape index (κ2) is 8.96. The molecule has 4 rings (SSSR count). The number of carboxylic acid groups (broad SMARTS) is 1. The molecule has 2 N–H and O–H groups in total. The molecule has 1 atom stereocenters. The summed E-state index contributed by atoms with van der Waals surface area (Å²) in [4.78, 5) is 37.9. The zero-order valence-corrected chi connectivity index (χ0v) is 17.1. The zero-order valence-electron chi connectivity index (χ0n) is 17.1. The summed E-state index contributed by atoms with van der Waals surface area (Å²) in [7, 11) is 0. The fraction of sp³-hybridized carbons (Fsp3) is 0.0800. The van der Waals surface area contributed by atoms with E-state index in [1.807, 2.05) is 0 Å². The maximum atomic E-state index is 14.1. The summed E-state index contributed by atoms with van der Waals surface area (Å²) in [6.07, 6.45) is 0. The number of nitrogens with zero attached hydrogens (tertiary/aromatic N) is 1. The summed E-state index contributed by atoms with van der Waals surface area (Å²) in [6.45, 7) is -0.537. The molecule has 0 aromatic heterocycles. The molecule has 1 amide bonds. The fourth-order valence-electron chi connectivity index (χ4n) is 3.69. The van der Waals surface area contributed by atoms with E-state index in [1.54, 1.807) is 36.4 Å². The van der Waals surface area contributed by atoms with Crippen molar-refractivity contribution >= 4 is 29.1 Å². The zero-order chi connectivity index (χ0) is 23.5. The first kappa shape index (κ1) is 21.8. The van der Waals surface area contributed by atoms with Crippen molar-refractivity contribution in [3.8, 4) is 5.75 Å². The van der Waals surface area contributed by atoms with Gasteiger partial charge in [0.2, 0.25) is 0 Å². The minimum atomic E-state index is -1.14. The van der Waals surface area contributed by atoms with Gasteiger partial charge >= 0.3 is 5.97 Å². The minimum absolute atomic E-state index is 0.164. The molecule has 0 unspecified atom stereocenters. The van der Waals surface area contributed by atoms with E-state index in [0.29, 0.717) is 16.8 Å². The van der Waals surface area contributed by atoms with Crippen LogP contribution in [0.25, 0.3) is 5.76 Å². The number of amides is 1. The average Bonchev–Trinajstić information content (AvgIpc) is 3.08. The molecule has 1 aliphatic rings. The average molecular weight is 447 g/mol. The number of ether oxygens (including phenoxy) is 1. The molecular formula is C25H18FNO6. The van der Waals surface area contributed by atoms with Crippen molar-refractivity contribution in [1.82, 2.24) is 0 Å². The molecule has 0 spiro atoms. The highest BCUT2D eigenvalue weighted by Crippen LogP contribution is 2.42. The number of carbonyl (C=O) groups is 3. The molecule has 1 aliphatic heterocycles. The summed E-state index contributed by atoms with van der Waals surface area (Å²) in [5.74, 6) is -3.61. The summed E-state index contributed by atoms with van der Waals surface area (Å²) in [5.41, 5.74) is 0.774. The summed E-state index contributed by atoms with van der Waals surface area (Å²) in [5, 5.41) is 19.7. The van der Waals surface area contributed by atoms with Crippen molar-refractivity contribution in [2.24, 2.45) is 0 Å². The number of aliphatic hydroxyl groups excluding tert-OH is 1. The number of Topliss-reactive ketones (excluding diaryl/α,β-unsaturated/α-hetero) is 1. The Morgan fingerprint density at radius 3 is 2.27 bits per heavy atom. The molecule has 1 fully saturated rings. The number of hydrogen-bond donors (Lipinski definition) is 2. The Hall–Kier alpha value is -4.46. The van der Waals surface area contributed by atoms with Crippen molar-refractivity contribution in [1.29, 1.82) is 0 Å². The van der Waals surface area contributed by atoms with E-state index >= 15 is 0 Å². The minimum Gasteiger partial charge on any atom is -0.507 e. The number of anilines is 1. The molecule has 0 saturated carbocycles. The van der Waals surface area contributed by atoms with Gasteiger partial charge in [-0.15, -0.1) is 0 Å². The Morgan fingerprint density at radius 1 is 0.939 bits per heavy atom. The molecule has 3 aromatic carbocycles. The van der Waals surface area contributed by atoms with Gasteiger partial charge in [0.05, 0.1) is 11.6 Å². The standard InChI is InChI=1S/C25H18FNO6/c26-17-8-4-7-16(13-17)22-21(23(30)15-5-2-1-3-6-15)24(31)25(32)27(22)18-9-11-19(12-10-18)33-14-20(28)29/h1-13,22,30H,14H2,(H,28,29)/t22-/m1/s1. The third-order valence-electron chi connectivity index (χ3n) is 5.13. The van der Waals surface area contributed by atoms with Crippen LogP contribution in [0.3, 0.4) is 0 Å². The molecule has 33 heavy (non-hydrogen) atoms. The van der Waals surface area contributed by atoms with Crippen LogP contribution < -0.4 is 9.64 Å². The van der Waals surface area contributed by atoms with E-state index in [0.717, 1.165) is 0 Å². The van der Waals surface area contributed by atoms with Crippen molar-refractivity contribution < 1.29 is 33.7 Å². The number of rotatable bonds is 6. The van der Waals surface area contributed by atoms with Crippen LogP contribution in [-0.2, 0) is 14.4 Å². The second-order valence-electron chi connectivity index (χ2n) is 7.27. The van der Waals surface area contributed by atoms with E-state index in [4.69, 9.17) is 9.84 Å². The largest absolute Gasteiger partial charge is 0.507 e. The van der Waals surface area contributed by atoms with Crippen LogP contribution in [0.4, 0.5) is 10.1 Å². The maximum Gasteiger partial charge on any atom is 0.341 e. The molecule has 1 heterocycles. The number of carboxylic acids is 1. The number of aliphatic carboxylic acids is 1. The highest BCUT2D eigenvalue weighted by atomic mass is 19.1. The monoisotopic (exact) mass is 447 g/mol. The first-order valence-corrected chi connectivity index (χ1v) is 9.93. The van der Waals surface area contributed by atoms with E-state index in [1.165, 1.54) is 47.4 Å².